The van der Waals surface area contributed by atoms with Crippen molar-refractivity contribution in [1.82, 2.24) is 5.32 Å². The Labute approximate surface area is 160 Å². The van der Waals surface area contributed by atoms with Crippen molar-refractivity contribution in [1.29, 1.82) is 0 Å². The predicted octanol–water partition coefficient (Wildman–Crippen LogP) is 3.43. The maximum atomic E-state index is 10.4. The molecule has 1 saturated heterocycles. The summed E-state index contributed by atoms with van der Waals surface area (Å²) in [4.78, 5) is 0. The molecule has 2 aromatic carbocycles. The predicted molar refractivity (Wildman–Crippen MR) is 104 cm³/mol. The number of halogens is 1. The summed E-state index contributed by atoms with van der Waals surface area (Å²) < 4.78 is 11.9. The van der Waals surface area contributed by atoms with Gasteiger partial charge >= 0.3 is 0 Å². The molecule has 140 valence electrons. The first-order valence-corrected chi connectivity index (χ1v) is 9.10. The maximum Gasteiger partial charge on any atom is 0.125 e. The van der Waals surface area contributed by atoms with Gasteiger partial charge in [-0.15, -0.1) is 12.4 Å². The van der Waals surface area contributed by atoms with Gasteiger partial charge in [0.2, 0.25) is 0 Å². The number of benzene rings is 2. The monoisotopic (exact) mass is 375 g/mol. The number of rotatable bonds is 5. The van der Waals surface area contributed by atoms with Crippen LogP contribution in [0.25, 0.3) is 0 Å². The number of hydrogen-bond donors (Lipinski definition) is 2. The van der Waals surface area contributed by atoms with Gasteiger partial charge in [0.05, 0.1) is 6.10 Å². The average Bonchev–Trinajstić information content (AvgIpc) is 3.09. The molecular formula is C21H26ClNO3. The van der Waals surface area contributed by atoms with E-state index in [1.165, 1.54) is 0 Å². The number of hydrogen-bond acceptors (Lipinski definition) is 4. The van der Waals surface area contributed by atoms with Crippen molar-refractivity contribution in [2.45, 2.75) is 31.7 Å². The highest BCUT2D eigenvalue weighted by Crippen LogP contribution is 2.35. The fourth-order valence-corrected chi connectivity index (χ4v) is 3.91. The zero-order valence-corrected chi connectivity index (χ0v) is 15.5. The van der Waals surface area contributed by atoms with Crippen LogP contribution in [0.5, 0.6) is 11.5 Å². The highest BCUT2D eigenvalue weighted by atomic mass is 35.5. The largest absolute Gasteiger partial charge is 0.489 e. The molecule has 1 heterocycles. The first-order valence-electron chi connectivity index (χ1n) is 9.10. The second-order valence-corrected chi connectivity index (χ2v) is 7.12. The zero-order chi connectivity index (χ0) is 17.1. The Morgan fingerprint density at radius 3 is 2.27 bits per heavy atom. The van der Waals surface area contributed by atoms with Crippen LogP contribution in [0.1, 0.15) is 18.4 Å². The van der Waals surface area contributed by atoms with Crippen LogP contribution < -0.4 is 14.8 Å². The Bertz CT molecular complexity index is 679. The van der Waals surface area contributed by atoms with Crippen molar-refractivity contribution in [2.24, 2.45) is 11.8 Å². The molecule has 0 bridgehead atoms. The van der Waals surface area contributed by atoms with Gasteiger partial charge in [0, 0.05) is 0 Å². The van der Waals surface area contributed by atoms with E-state index in [0.29, 0.717) is 18.4 Å². The van der Waals surface area contributed by atoms with Gasteiger partial charge in [-0.3, -0.25) is 0 Å². The molecule has 4 atom stereocenters. The summed E-state index contributed by atoms with van der Waals surface area (Å²) in [6, 6.07) is 17.8. The molecule has 0 aromatic heterocycles. The van der Waals surface area contributed by atoms with E-state index in [4.69, 9.17) is 9.47 Å². The molecule has 2 fully saturated rings. The minimum absolute atomic E-state index is 0. The minimum atomic E-state index is -0.379. The van der Waals surface area contributed by atoms with E-state index in [0.717, 1.165) is 43.0 Å². The van der Waals surface area contributed by atoms with E-state index >= 15 is 0 Å². The molecule has 2 aromatic rings. The summed E-state index contributed by atoms with van der Waals surface area (Å²) in [6.07, 6.45) is 1.26. The van der Waals surface area contributed by atoms with E-state index in [-0.39, 0.29) is 24.6 Å². The number of ether oxygens (including phenoxy) is 2. The third kappa shape index (κ3) is 4.50. The summed E-state index contributed by atoms with van der Waals surface area (Å²) in [7, 11) is 0. The van der Waals surface area contributed by atoms with E-state index < -0.39 is 0 Å². The Morgan fingerprint density at radius 1 is 0.885 bits per heavy atom. The summed E-state index contributed by atoms with van der Waals surface area (Å²) in [5.41, 5.74) is 1.15. The van der Waals surface area contributed by atoms with Gasteiger partial charge in [-0.05, 0) is 67.6 Å². The van der Waals surface area contributed by atoms with Crippen LogP contribution in [-0.2, 0) is 6.61 Å². The van der Waals surface area contributed by atoms with E-state index in [1.54, 1.807) is 0 Å². The van der Waals surface area contributed by atoms with Crippen LogP contribution >= 0.6 is 12.4 Å². The van der Waals surface area contributed by atoms with Crippen molar-refractivity contribution in [2.75, 3.05) is 13.1 Å². The Hall–Kier alpha value is -1.75. The first kappa shape index (κ1) is 19.0. The van der Waals surface area contributed by atoms with Gasteiger partial charge in [0.1, 0.15) is 24.2 Å². The van der Waals surface area contributed by atoms with Crippen molar-refractivity contribution < 1.29 is 14.6 Å². The van der Waals surface area contributed by atoms with Crippen molar-refractivity contribution in [3.8, 4) is 11.5 Å². The molecule has 2 N–H and O–H groups in total. The third-order valence-corrected chi connectivity index (χ3v) is 5.35. The highest BCUT2D eigenvalue weighted by Gasteiger charge is 2.39. The molecule has 1 aliphatic heterocycles. The van der Waals surface area contributed by atoms with E-state index in [2.05, 4.69) is 5.32 Å². The second kappa shape index (κ2) is 8.76. The Kier molecular flexibility index (Phi) is 6.41. The second-order valence-electron chi connectivity index (χ2n) is 7.12. The van der Waals surface area contributed by atoms with Crippen molar-refractivity contribution in [3.05, 3.63) is 60.2 Å². The molecule has 1 aliphatic carbocycles. The SMILES string of the molecule is Cl.O[C@@H]1C[C@H]2CNC[C@H]2C[C@H]1Oc1ccc(OCc2ccccc2)cc1. The van der Waals surface area contributed by atoms with Gasteiger partial charge < -0.3 is 19.9 Å². The molecule has 0 radical (unpaired) electrons. The lowest BCUT2D eigenvalue weighted by atomic mass is 9.78. The summed E-state index contributed by atoms with van der Waals surface area (Å²) >= 11 is 0. The molecule has 1 saturated carbocycles. The molecule has 26 heavy (non-hydrogen) atoms. The van der Waals surface area contributed by atoms with Crippen LogP contribution in [0.15, 0.2) is 54.6 Å². The maximum absolute atomic E-state index is 10.4. The van der Waals surface area contributed by atoms with Crippen LogP contribution in [0.2, 0.25) is 0 Å². The van der Waals surface area contributed by atoms with Crippen LogP contribution in [0.4, 0.5) is 0 Å². The highest BCUT2D eigenvalue weighted by molar-refractivity contribution is 5.85. The van der Waals surface area contributed by atoms with Gasteiger partial charge in [0.25, 0.3) is 0 Å². The molecule has 5 heteroatoms. The standard InChI is InChI=1S/C21H25NO3.ClH/c23-20-10-16-12-22-13-17(16)11-21(20)25-19-8-6-18(7-9-19)24-14-15-4-2-1-3-5-15;/h1-9,16-17,20-23H,10-14H2;1H/t16-,17+,20+,21+;/m0./s1. The molecule has 0 amide bonds. The van der Waals surface area contributed by atoms with Crippen LogP contribution in [0, 0.1) is 11.8 Å². The lowest BCUT2D eigenvalue weighted by molar-refractivity contribution is -0.0231. The number of nitrogens with one attached hydrogen (secondary N) is 1. The normalized spacial score (nSPS) is 27.3. The lowest BCUT2D eigenvalue weighted by Gasteiger charge is -2.35. The van der Waals surface area contributed by atoms with Gasteiger partial charge in [-0.2, -0.15) is 0 Å². The molecule has 4 nitrogen and oxygen atoms in total. The van der Waals surface area contributed by atoms with E-state index in [9.17, 15) is 5.11 Å². The molecule has 0 unspecified atom stereocenters. The number of aliphatic hydroxyl groups excluding tert-OH is 1. The van der Waals surface area contributed by atoms with Crippen molar-refractivity contribution in [3.63, 3.8) is 0 Å². The summed E-state index contributed by atoms with van der Waals surface area (Å²) in [5, 5.41) is 13.8. The van der Waals surface area contributed by atoms with Crippen LogP contribution in [-0.4, -0.2) is 30.4 Å². The Balaban J connectivity index is 0.00000196. The smallest absolute Gasteiger partial charge is 0.125 e. The van der Waals surface area contributed by atoms with Gasteiger partial charge in [0.15, 0.2) is 0 Å². The topological polar surface area (TPSA) is 50.7 Å². The lowest BCUT2D eigenvalue weighted by Crippen LogP contribution is -2.42. The van der Waals surface area contributed by atoms with Gasteiger partial charge in [-0.1, -0.05) is 30.3 Å². The first-order chi connectivity index (χ1) is 12.3. The molecular weight excluding hydrogens is 350 g/mol. The quantitative estimate of drug-likeness (QED) is 0.840. The van der Waals surface area contributed by atoms with Crippen LogP contribution in [0.3, 0.4) is 0 Å². The van der Waals surface area contributed by atoms with Gasteiger partial charge in [-0.25, -0.2) is 0 Å². The molecule has 4 rings (SSSR count). The average molecular weight is 376 g/mol. The summed E-state index contributed by atoms with van der Waals surface area (Å²) in [6.45, 7) is 2.63. The zero-order valence-electron chi connectivity index (χ0n) is 14.7. The molecule has 2 aliphatic rings. The van der Waals surface area contributed by atoms with E-state index in [1.807, 2.05) is 54.6 Å². The molecule has 0 spiro atoms. The minimum Gasteiger partial charge on any atom is -0.489 e. The fraction of sp³-hybridized carbons (Fsp3) is 0.429. The van der Waals surface area contributed by atoms with Crippen molar-refractivity contribution >= 4 is 12.4 Å². The fourth-order valence-electron chi connectivity index (χ4n) is 3.91. The Morgan fingerprint density at radius 2 is 1.54 bits per heavy atom. The third-order valence-electron chi connectivity index (χ3n) is 5.35. The number of fused-ring (bicyclic) bond motifs is 1. The number of aliphatic hydroxyl groups is 1. The summed E-state index contributed by atoms with van der Waals surface area (Å²) in [5.74, 6) is 2.84.